The van der Waals surface area contributed by atoms with E-state index in [2.05, 4.69) is 20.3 Å². The molecule has 0 saturated heterocycles. The summed E-state index contributed by atoms with van der Waals surface area (Å²) in [6, 6.07) is 10.7. The Labute approximate surface area is 256 Å². The first kappa shape index (κ1) is 38.1. The fraction of sp³-hybridized carbons (Fsp3) is 0.464. The van der Waals surface area contributed by atoms with Crippen LogP contribution >= 0.6 is 0 Å². The number of carboxylic acid groups (broad SMARTS) is 1. The molecule has 0 radical (unpaired) electrons. The van der Waals surface area contributed by atoms with Crippen LogP contribution in [-0.4, -0.2) is 108 Å². The normalized spacial score (nSPS) is 10.7. The number of sulfonamides is 1. The molecule has 0 saturated carbocycles. The van der Waals surface area contributed by atoms with Crippen molar-refractivity contribution in [2.24, 2.45) is 0 Å². The quantitative estimate of drug-likeness (QED) is 0.140. The van der Waals surface area contributed by atoms with Crippen molar-refractivity contribution >= 4 is 39.4 Å². The van der Waals surface area contributed by atoms with Gasteiger partial charge in [-0.05, 0) is 31.2 Å². The number of hydrogen-bond acceptors (Lipinski definition) is 11. The topological polar surface area (TPSA) is 209 Å². The maximum Gasteiger partial charge on any atom is 0.303 e. The average Bonchev–Trinajstić information content (AvgIpc) is 3.00. The first-order valence-electron chi connectivity index (χ1n) is 13.7. The van der Waals surface area contributed by atoms with Crippen molar-refractivity contribution in [1.29, 1.82) is 0 Å². The van der Waals surface area contributed by atoms with Crippen molar-refractivity contribution in [3.8, 4) is 0 Å². The number of carboxylic acids is 1. The monoisotopic (exact) mass is 640 g/mol. The molecule has 0 bridgehead atoms. The molecule has 16 heteroatoms. The number of carbonyl (C=O) groups excluding carboxylic acids is 3. The number of ketones is 1. The first-order chi connectivity index (χ1) is 21.0. The maximum absolute atomic E-state index is 12.3. The summed E-state index contributed by atoms with van der Waals surface area (Å²) in [4.78, 5) is 48.1. The zero-order valence-electron chi connectivity index (χ0n) is 24.8. The van der Waals surface area contributed by atoms with E-state index < -0.39 is 16.0 Å². The molecule has 2 rings (SSSR count). The highest BCUT2D eigenvalue weighted by Crippen LogP contribution is 2.14. The zero-order valence-corrected chi connectivity index (χ0v) is 25.6. The third-order valence-electron chi connectivity index (χ3n) is 5.00. The molecule has 4 N–H and O–H groups in total. The number of nitrogens with one attached hydrogen (secondary N) is 3. The van der Waals surface area contributed by atoms with E-state index in [0.717, 1.165) is 0 Å². The van der Waals surface area contributed by atoms with Gasteiger partial charge < -0.3 is 34.7 Å². The Bertz CT molecular complexity index is 1240. The standard InChI is InChI=1S/C25H34N4O9S.C3H6O2/c1-20(30)18-37-15-13-35-11-9-26-24(31)19-38-16-14-36-12-10-27-25(32)21-7-8-23(28-17-21)29-39(33,34)22-5-3-2-4-6-22;1-2-3(4)5/h2-8,17H,9-16,18-19H2,1H3,(H,26,31)(H,27,32)(H,28,29);2H2,1H3,(H,4,5). The van der Waals surface area contributed by atoms with Crippen molar-refractivity contribution < 1.29 is 51.6 Å². The molecule has 244 valence electrons. The van der Waals surface area contributed by atoms with Crippen LogP contribution in [0.5, 0.6) is 0 Å². The lowest BCUT2D eigenvalue weighted by atomic mass is 10.2. The van der Waals surface area contributed by atoms with Crippen LogP contribution in [0, 0.1) is 0 Å². The molecule has 0 unspecified atom stereocenters. The lowest BCUT2D eigenvalue weighted by Crippen LogP contribution is -2.31. The molecule has 1 aromatic heterocycles. The van der Waals surface area contributed by atoms with Crippen molar-refractivity contribution in [1.82, 2.24) is 15.6 Å². The summed E-state index contributed by atoms with van der Waals surface area (Å²) in [6.45, 7) is 5.19. The molecule has 0 aliphatic carbocycles. The Balaban J connectivity index is 0.00000178. The Morgan fingerprint density at radius 2 is 1.36 bits per heavy atom. The number of ether oxygens (including phenoxy) is 4. The van der Waals surface area contributed by atoms with Gasteiger partial charge in [0.2, 0.25) is 5.91 Å². The van der Waals surface area contributed by atoms with E-state index in [1.54, 1.807) is 25.1 Å². The number of anilines is 1. The smallest absolute Gasteiger partial charge is 0.303 e. The van der Waals surface area contributed by atoms with Gasteiger partial charge in [0, 0.05) is 25.7 Å². The van der Waals surface area contributed by atoms with Crippen LogP contribution in [0.3, 0.4) is 0 Å². The van der Waals surface area contributed by atoms with E-state index in [-0.39, 0.29) is 79.9 Å². The molecular formula is C28H40N4O11S. The molecule has 0 spiro atoms. The van der Waals surface area contributed by atoms with Crippen molar-refractivity contribution in [2.75, 3.05) is 70.7 Å². The molecule has 2 amide bonds. The lowest BCUT2D eigenvalue weighted by Gasteiger charge is -2.09. The number of rotatable bonds is 21. The van der Waals surface area contributed by atoms with Gasteiger partial charge >= 0.3 is 5.97 Å². The second kappa shape index (κ2) is 22.6. The maximum atomic E-state index is 12.3. The number of carbonyl (C=O) groups is 4. The van der Waals surface area contributed by atoms with Gasteiger partial charge in [0.25, 0.3) is 15.9 Å². The molecule has 0 aliphatic heterocycles. The molecule has 44 heavy (non-hydrogen) atoms. The summed E-state index contributed by atoms with van der Waals surface area (Å²) < 4.78 is 47.9. The fourth-order valence-corrected chi connectivity index (χ4v) is 3.89. The number of Topliss-reactive ketones (excluding diaryl/α,β-unsaturated/α-hetero) is 1. The summed E-state index contributed by atoms with van der Waals surface area (Å²) in [7, 11) is -3.77. The first-order valence-corrected chi connectivity index (χ1v) is 15.1. The van der Waals surface area contributed by atoms with Crippen molar-refractivity contribution in [3.05, 3.63) is 54.2 Å². The largest absolute Gasteiger partial charge is 0.481 e. The fourth-order valence-electron chi connectivity index (χ4n) is 2.86. The number of benzene rings is 1. The van der Waals surface area contributed by atoms with Crippen LogP contribution in [0.25, 0.3) is 0 Å². The van der Waals surface area contributed by atoms with Crippen molar-refractivity contribution in [2.45, 2.75) is 25.2 Å². The molecule has 2 aromatic rings. The summed E-state index contributed by atoms with van der Waals surface area (Å²) >= 11 is 0. The van der Waals surface area contributed by atoms with Crippen LogP contribution in [0.15, 0.2) is 53.6 Å². The second-order valence-electron chi connectivity index (χ2n) is 8.74. The van der Waals surface area contributed by atoms with Gasteiger partial charge in [0.05, 0.1) is 50.1 Å². The van der Waals surface area contributed by atoms with Crippen molar-refractivity contribution in [3.63, 3.8) is 0 Å². The Kier molecular flexibility index (Phi) is 19.5. The van der Waals surface area contributed by atoms with Gasteiger partial charge in [-0.15, -0.1) is 0 Å². The molecule has 1 aromatic carbocycles. The van der Waals surface area contributed by atoms with Gasteiger partial charge in [-0.2, -0.15) is 0 Å². The van der Waals surface area contributed by atoms with E-state index in [0.29, 0.717) is 26.4 Å². The number of hydrogen-bond donors (Lipinski definition) is 4. The number of aromatic nitrogens is 1. The molecular weight excluding hydrogens is 600 g/mol. The van der Waals surface area contributed by atoms with Crippen LogP contribution in [0.4, 0.5) is 5.82 Å². The molecule has 15 nitrogen and oxygen atoms in total. The van der Waals surface area contributed by atoms with Crippen LogP contribution in [-0.2, 0) is 43.4 Å². The number of amides is 2. The highest BCUT2D eigenvalue weighted by molar-refractivity contribution is 7.92. The van der Waals surface area contributed by atoms with Gasteiger partial charge in [-0.1, -0.05) is 25.1 Å². The molecule has 1 heterocycles. The van der Waals surface area contributed by atoms with E-state index >= 15 is 0 Å². The Morgan fingerprint density at radius 3 is 1.91 bits per heavy atom. The van der Waals surface area contributed by atoms with Gasteiger partial charge in [0.1, 0.15) is 19.0 Å². The summed E-state index contributed by atoms with van der Waals surface area (Å²) in [6.07, 6.45) is 1.50. The van der Waals surface area contributed by atoms with Gasteiger partial charge in [-0.3, -0.25) is 23.9 Å². The third-order valence-corrected chi connectivity index (χ3v) is 6.37. The second-order valence-corrected chi connectivity index (χ2v) is 10.4. The summed E-state index contributed by atoms with van der Waals surface area (Å²) in [5.41, 5.74) is 0.263. The highest BCUT2D eigenvalue weighted by atomic mass is 32.2. The average molecular weight is 641 g/mol. The predicted molar refractivity (Wildman–Crippen MR) is 159 cm³/mol. The number of aliphatic carboxylic acids is 1. The Morgan fingerprint density at radius 1 is 0.795 bits per heavy atom. The van der Waals surface area contributed by atoms with E-state index in [9.17, 15) is 27.6 Å². The molecule has 0 aliphatic rings. The lowest BCUT2D eigenvalue weighted by molar-refractivity contribution is -0.136. The van der Waals surface area contributed by atoms with E-state index in [4.69, 9.17) is 24.1 Å². The van der Waals surface area contributed by atoms with E-state index in [1.165, 1.54) is 37.4 Å². The highest BCUT2D eigenvalue weighted by Gasteiger charge is 2.14. The minimum absolute atomic E-state index is 0.0497. The predicted octanol–water partition coefficient (Wildman–Crippen LogP) is 0.865. The number of pyridine rings is 1. The molecule has 0 fully saturated rings. The van der Waals surface area contributed by atoms with Crippen LogP contribution in [0.1, 0.15) is 30.6 Å². The third kappa shape index (κ3) is 18.6. The zero-order chi connectivity index (χ0) is 32.6. The van der Waals surface area contributed by atoms with E-state index in [1.807, 2.05) is 0 Å². The van der Waals surface area contributed by atoms with Crippen LogP contribution in [0.2, 0.25) is 0 Å². The summed E-state index contributed by atoms with van der Waals surface area (Å²) in [5.74, 6) is -1.38. The SMILES string of the molecule is CC(=O)COCCOCCNC(=O)COCCOCCNC(=O)c1ccc(NS(=O)(=O)c2ccccc2)nc1.CCC(=O)O. The van der Waals surface area contributed by atoms with Gasteiger partial charge in [0.15, 0.2) is 5.78 Å². The minimum atomic E-state index is -3.77. The molecule has 0 atom stereocenters. The Hall–Kier alpha value is -3.96. The minimum Gasteiger partial charge on any atom is -0.481 e. The summed E-state index contributed by atoms with van der Waals surface area (Å²) in [5, 5.41) is 13.0. The van der Waals surface area contributed by atoms with Crippen LogP contribution < -0.4 is 15.4 Å². The van der Waals surface area contributed by atoms with Gasteiger partial charge in [-0.25, -0.2) is 13.4 Å². The number of nitrogens with zero attached hydrogens (tertiary/aromatic N) is 1.